The van der Waals surface area contributed by atoms with Crippen LogP contribution in [0.3, 0.4) is 0 Å². The van der Waals surface area contributed by atoms with Gasteiger partial charge in [-0.2, -0.15) is 0 Å². The largest absolute Gasteiger partial charge is 0.480 e. The summed E-state index contributed by atoms with van der Waals surface area (Å²) < 4.78 is 0. The highest BCUT2D eigenvalue weighted by Crippen LogP contribution is 2.27. The lowest BCUT2D eigenvalue weighted by Gasteiger charge is -2.19. The topological polar surface area (TPSA) is 112 Å². The Hall–Kier alpha value is -1.59. The van der Waals surface area contributed by atoms with Crippen molar-refractivity contribution in [2.45, 2.75) is 39.0 Å². The summed E-state index contributed by atoms with van der Waals surface area (Å²) in [6, 6.07) is 0. The third-order valence-corrected chi connectivity index (χ3v) is 2.50. The van der Waals surface area contributed by atoms with Gasteiger partial charge in [-0.3, -0.25) is 14.4 Å². The quantitative estimate of drug-likeness (QED) is 0.428. The fraction of sp³-hybridized carbons (Fsp3) is 0.700. The van der Waals surface area contributed by atoms with Crippen LogP contribution in [0.2, 0.25) is 0 Å². The molecule has 0 spiro atoms. The summed E-state index contributed by atoms with van der Waals surface area (Å²) >= 11 is 0. The Labute approximate surface area is 92.9 Å². The van der Waals surface area contributed by atoms with Crippen molar-refractivity contribution < 1.29 is 29.7 Å². The van der Waals surface area contributed by atoms with Crippen molar-refractivity contribution in [1.29, 1.82) is 0 Å². The number of carbonyl (C=O) groups is 3. The molecule has 0 aromatic rings. The molecule has 0 saturated carbocycles. The van der Waals surface area contributed by atoms with Crippen molar-refractivity contribution in [2.24, 2.45) is 5.41 Å². The van der Waals surface area contributed by atoms with Gasteiger partial charge in [0.1, 0.15) is 0 Å². The van der Waals surface area contributed by atoms with Crippen LogP contribution in [0.4, 0.5) is 0 Å². The fourth-order valence-electron chi connectivity index (χ4n) is 1.41. The molecule has 0 amide bonds. The lowest BCUT2D eigenvalue weighted by atomic mass is 9.82. The highest BCUT2D eigenvalue weighted by atomic mass is 16.4. The van der Waals surface area contributed by atoms with Crippen LogP contribution in [0, 0.1) is 5.41 Å². The molecule has 0 aliphatic heterocycles. The number of hydrogen-bond acceptors (Lipinski definition) is 3. The van der Waals surface area contributed by atoms with Gasteiger partial charge in [0.25, 0.3) is 5.41 Å². The number of aliphatic carboxylic acids is 3. The third kappa shape index (κ3) is 2.95. The summed E-state index contributed by atoms with van der Waals surface area (Å²) in [6.45, 7) is 1.94. The van der Waals surface area contributed by atoms with E-state index in [-0.39, 0.29) is 12.8 Å². The number of unbranched alkanes of at least 4 members (excludes halogenated alkanes) is 3. The van der Waals surface area contributed by atoms with E-state index in [0.29, 0.717) is 6.42 Å². The summed E-state index contributed by atoms with van der Waals surface area (Å²) in [5.74, 6) is -5.45. The van der Waals surface area contributed by atoms with Gasteiger partial charge in [-0.15, -0.1) is 0 Å². The number of hydrogen-bond donors (Lipinski definition) is 3. The van der Waals surface area contributed by atoms with Gasteiger partial charge >= 0.3 is 17.9 Å². The first-order chi connectivity index (χ1) is 7.39. The van der Waals surface area contributed by atoms with E-state index in [2.05, 4.69) is 0 Å². The van der Waals surface area contributed by atoms with E-state index in [1.807, 2.05) is 6.92 Å². The van der Waals surface area contributed by atoms with E-state index in [9.17, 15) is 14.4 Å². The first kappa shape index (κ1) is 14.4. The zero-order valence-corrected chi connectivity index (χ0v) is 9.10. The molecule has 0 radical (unpaired) electrons. The molecule has 0 heterocycles. The van der Waals surface area contributed by atoms with Gasteiger partial charge < -0.3 is 15.3 Å². The average Bonchev–Trinajstić information content (AvgIpc) is 2.16. The van der Waals surface area contributed by atoms with E-state index in [1.165, 1.54) is 0 Å². The third-order valence-electron chi connectivity index (χ3n) is 2.50. The van der Waals surface area contributed by atoms with Crippen LogP contribution in [0.25, 0.3) is 0 Å². The van der Waals surface area contributed by atoms with Crippen LogP contribution in [-0.4, -0.2) is 33.2 Å². The maximum absolute atomic E-state index is 10.8. The summed E-state index contributed by atoms with van der Waals surface area (Å²) in [6.07, 6.45) is 2.26. The lowest BCUT2D eigenvalue weighted by molar-refractivity contribution is -0.176. The van der Waals surface area contributed by atoms with Crippen molar-refractivity contribution in [3.05, 3.63) is 0 Å². The van der Waals surface area contributed by atoms with E-state index >= 15 is 0 Å². The molecule has 0 fully saturated rings. The van der Waals surface area contributed by atoms with Crippen molar-refractivity contribution in [3.8, 4) is 0 Å². The predicted octanol–water partition coefficient (Wildman–Crippen LogP) is 1.20. The molecule has 6 heteroatoms. The van der Waals surface area contributed by atoms with Crippen molar-refractivity contribution >= 4 is 17.9 Å². The summed E-state index contributed by atoms with van der Waals surface area (Å²) in [5, 5.41) is 26.3. The Balaban J connectivity index is 4.72. The molecule has 92 valence electrons. The smallest absolute Gasteiger partial charge is 0.332 e. The first-order valence-corrected chi connectivity index (χ1v) is 5.09. The normalized spacial score (nSPS) is 11.1. The van der Waals surface area contributed by atoms with Gasteiger partial charge in [0.2, 0.25) is 0 Å². The van der Waals surface area contributed by atoms with Crippen molar-refractivity contribution in [3.63, 3.8) is 0 Å². The predicted molar refractivity (Wildman–Crippen MR) is 54.1 cm³/mol. The number of carboxylic acid groups (broad SMARTS) is 3. The Morgan fingerprint density at radius 3 is 1.62 bits per heavy atom. The maximum atomic E-state index is 10.8. The van der Waals surface area contributed by atoms with E-state index in [0.717, 1.165) is 12.8 Å². The molecule has 0 unspecified atom stereocenters. The van der Waals surface area contributed by atoms with Crippen LogP contribution in [-0.2, 0) is 14.4 Å². The minimum absolute atomic E-state index is 0.277. The van der Waals surface area contributed by atoms with Crippen LogP contribution in [0.5, 0.6) is 0 Å². The van der Waals surface area contributed by atoms with E-state index < -0.39 is 23.3 Å². The fourth-order valence-corrected chi connectivity index (χ4v) is 1.41. The molecule has 0 rings (SSSR count). The second kappa shape index (κ2) is 6.09. The summed E-state index contributed by atoms with van der Waals surface area (Å²) in [4.78, 5) is 32.4. The van der Waals surface area contributed by atoms with Crippen LogP contribution >= 0.6 is 0 Å². The Bertz CT molecular complexity index is 247. The van der Waals surface area contributed by atoms with Gasteiger partial charge in [0.15, 0.2) is 0 Å². The highest BCUT2D eigenvalue weighted by molar-refractivity contribution is 6.16. The lowest BCUT2D eigenvalue weighted by Crippen LogP contribution is -2.46. The zero-order valence-electron chi connectivity index (χ0n) is 9.10. The van der Waals surface area contributed by atoms with Crippen LogP contribution in [0.15, 0.2) is 0 Å². The first-order valence-electron chi connectivity index (χ1n) is 5.09. The molecule has 0 aromatic heterocycles. The Morgan fingerprint density at radius 1 is 0.875 bits per heavy atom. The van der Waals surface area contributed by atoms with Gasteiger partial charge in [-0.05, 0) is 6.42 Å². The van der Waals surface area contributed by atoms with Gasteiger partial charge in [0, 0.05) is 0 Å². The zero-order chi connectivity index (χ0) is 12.8. The van der Waals surface area contributed by atoms with Crippen molar-refractivity contribution in [2.75, 3.05) is 0 Å². The second-order valence-corrected chi connectivity index (χ2v) is 3.63. The van der Waals surface area contributed by atoms with E-state index in [1.54, 1.807) is 0 Å². The standard InChI is InChI=1S/C10H16O6/c1-2-3-4-5-6-10(7(11)12,8(13)14)9(15)16/h2-6H2,1H3,(H,11,12)(H,13,14)(H,15,16). The monoisotopic (exact) mass is 232 g/mol. The molecular weight excluding hydrogens is 216 g/mol. The molecule has 0 aliphatic carbocycles. The van der Waals surface area contributed by atoms with Gasteiger partial charge in [0.05, 0.1) is 0 Å². The summed E-state index contributed by atoms with van der Waals surface area (Å²) in [7, 11) is 0. The SMILES string of the molecule is CCCCCCC(C(=O)O)(C(=O)O)C(=O)O. The summed E-state index contributed by atoms with van der Waals surface area (Å²) in [5.41, 5.74) is -2.70. The van der Waals surface area contributed by atoms with Gasteiger partial charge in [-0.1, -0.05) is 32.6 Å². The highest BCUT2D eigenvalue weighted by Gasteiger charge is 2.53. The van der Waals surface area contributed by atoms with E-state index in [4.69, 9.17) is 15.3 Å². The van der Waals surface area contributed by atoms with Gasteiger partial charge in [-0.25, -0.2) is 0 Å². The molecule has 16 heavy (non-hydrogen) atoms. The molecular formula is C10H16O6. The van der Waals surface area contributed by atoms with Crippen molar-refractivity contribution in [1.82, 2.24) is 0 Å². The minimum atomic E-state index is -2.70. The Kier molecular flexibility index (Phi) is 5.49. The van der Waals surface area contributed by atoms with Crippen LogP contribution < -0.4 is 0 Å². The number of carboxylic acids is 3. The molecule has 0 atom stereocenters. The molecule has 0 bridgehead atoms. The maximum Gasteiger partial charge on any atom is 0.332 e. The molecule has 0 aromatic carbocycles. The average molecular weight is 232 g/mol. The Morgan fingerprint density at radius 2 is 1.31 bits per heavy atom. The molecule has 6 nitrogen and oxygen atoms in total. The molecule has 3 N–H and O–H groups in total. The minimum Gasteiger partial charge on any atom is -0.480 e. The molecule has 0 saturated heterocycles. The molecule has 0 aliphatic rings. The number of rotatable bonds is 8. The van der Waals surface area contributed by atoms with Crippen LogP contribution in [0.1, 0.15) is 39.0 Å². The second-order valence-electron chi connectivity index (χ2n) is 3.63.